The molecule has 0 heterocycles. The predicted octanol–water partition coefficient (Wildman–Crippen LogP) is 4.13. The van der Waals surface area contributed by atoms with Gasteiger partial charge < -0.3 is 5.73 Å². The molecule has 18 heavy (non-hydrogen) atoms. The van der Waals surface area contributed by atoms with Crippen molar-refractivity contribution in [2.24, 2.45) is 17.6 Å². The molecule has 2 N–H and O–H groups in total. The van der Waals surface area contributed by atoms with Crippen molar-refractivity contribution in [2.75, 3.05) is 0 Å². The first-order valence-electron chi connectivity index (χ1n) is 6.98. The highest BCUT2D eigenvalue weighted by atomic mass is 19.1. The van der Waals surface area contributed by atoms with Gasteiger partial charge >= 0.3 is 0 Å². The quantitative estimate of drug-likeness (QED) is 0.837. The summed E-state index contributed by atoms with van der Waals surface area (Å²) in [5, 5.41) is 0. The minimum atomic E-state index is -0.258. The Morgan fingerprint density at radius 1 is 1.39 bits per heavy atom. The second-order valence-electron chi connectivity index (χ2n) is 6.22. The molecule has 2 heteroatoms. The Bertz CT molecular complexity index is 427. The van der Waals surface area contributed by atoms with Crippen LogP contribution >= 0.6 is 0 Å². The van der Waals surface area contributed by atoms with Crippen LogP contribution in [0.2, 0.25) is 0 Å². The molecule has 0 amide bonds. The molecule has 0 radical (unpaired) electrons. The van der Waals surface area contributed by atoms with Crippen molar-refractivity contribution in [2.45, 2.75) is 52.0 Å². The Kier molecular flexibility index (Phi) is 3.76. The van der Waals surface area contributed by atoms with Crippen LogP contribution in [0, 0.1) is 24.6 Å². The first kappa shape index (κ1) is 13.5. The lowest BCUT2D eigenvalue weighted by molar-refractivity contribution is 0.184. The third-order valence-electron chi connectivity index (χ3n) is 4.50. The smallest absolute Gasteiger partial charge is 0.126 e. The Hall–Kier alpha value is -0.890. The Morgan fingerprint density at radius 2 is 2.11 bits per heavy atom. The van der Waals surface area contributed by atoms with Crippen LogP contribution in [0.4, 0.5) is 4.39 Å². The third kappa shape index (κ3) is 2.59. The zero-order valence-corrected chi connectivity index (χ0v) is 11.7. The van der Waals surface area contributed by atoms with Gasteiger partial charge in [0.1, 0.15) is 5.82 Å². The SMILES string of the molecule is Cc1cc(C2(N)CCCC(C(C)C)C2)ccc1F. The first-order valence-corrected chi connectivity index (χ1v) is 6.98. The summed E-state index contributed by atoms with van der Waals surface area (Å²) in [5.41, 5.74) is 8.15. The second kappa shape index (κ2) is 5.00. The fourth-order valence-electron chi connectivity index (χ4n) is 3.14. The van der Waals surface area contributed by atoms with Gasteiger partial charge in [-0.05, 0) is 48.8 Å². The number of aryl methyl sites for hydroxylation is 1. The van der Waals surface area contributed by atoms with Gasteiger partial charge in [0.25, 0.3) is 0 Å². The van der Waals surface area contributed by atoms with E-state index in [1.54, 1.807) is 6.07 Å². The second-order valence-corrected chi connectivity index (χ2v) is 6.22. The average molecular weight is 249 g/mol. The van der Waals surface area contributed by atoms with E-state index in [9.17, 15) is 4.39 Å². The fraction of sp³-hybridized carbons (Fsp3) is 0.625. The number of hydrogen-bond acceptors (Lipinski definition) is 1. The van der Waals surface area contributed by atoms with E-state index in [0.717, 1.165) is 18.4 Å². The predicted molar refractivity (Wildman–Crippen MR) is 73.8 cm³/mol. The molecule has 0 aliphatic heterocycles. The highest BCUT2D eigenvalue weighted by Crippen LogP contribution is 2.41. The van der Waals surface area contributed by atoms with Gasteiger partial charge in [0, 0.05) is 5.54 Å². The summed E-state index contributed by atoms with van der Waals surface area (Å²) in [6.45, 7) is 6.35. The van der Waals surface area contributed by atoms with Gasteiger partial charge in [-0.1, -0.05) is 38.8 Å². The van der Waals surface area contributed by atoms with Gasteiger partial charge in [0.05, 0.1) is 0 Å². The van der Waals surface area contributed by atoms with Crippen LogP contribution < -0.4 is 5.73 Å². The fourth-order valence-corrected chi connectivity index (χ4v) is 3.14. The van der Waals surface area contributed by atoms with Crippen LogP contribution in [0.15, 0.2) is 18.2 Å². The van der Waals surface area contributed by atoms with E-state index in [-0.39, 0.29) is 11.4 Å². The topological polar surface area (TPSA) is 26.0 Å². The van der Waals surface area contributed by atoms with Gasteiger partial charge in [0.2, 0.25) is 0 Å². The van der Waals surface area contributed by atoms with Crippen molar-refractivity contribution >= 4 is 0 Å². The maximum Gasteiger partial charge on any atom is 0.126 e. The summed E-state index contributed by atoms with van der Waals surface area (Å²) in [6, 6.07) is 5.35. The minimum Gasteiger partial charge on any atom is -0.321 e. The molecular formula is C16H24FN. The van der Waals surface area contributed by atoms with Crippen LogP contribution in [0.25, 0.3) is 0 Å². The molecule has 1 aromatic rings. The van der Waals surface area contributed by atoms with Crippen molar-refractivity contribution in [3.05, 3.63) is 35.1 Å². The molecule has 0 spiro atoms. The standard InChI is InChI=1S/C16H24FN/c1-11(2)13-5-4-8-16(18,10-13)14-6-7-15(17)12(3)9-14/h6-7,9,11,13H,4-5,8,10,18H2,1-3H3. The summed E-state index contributed by atoms with van der Waals surface area (Å²) < 4.78 is 13.4. The van der Waals surface area contributed by atoms with Gasteiger partial charge in [-0.2, -0.15) is 0 Å². The first-order chi connectivity index (χ1) is 8.42. The minimum absolute atomic E-state index is 0.140. The van der Waals surface area contributed by atoms with Crippen LogP contribution in [0.5, 0.6) is 0 Å². The summed E-state index contributed by atoms with van der Waals surface area (Å²) in [4.78, 5) is 0. The lowest BCUT2D eigenvalue weighted by atomic mass is 9.69. The molecule has 1 aromatic carbocycles. The monoisotopic (exact) mass is 249 g/mol. The molecule has 1 nitrogen and oxygen atoms in total. The van der Waals surface area contributed by atoms with Crippen molar-refractivity contribution < 1.29 is 4.39 Å². The number of benzene rings is 1. The molecule has 0 bridgehead atoms. The molecule has 2 rings (SSSR count). The van der Waals surface area contributed by atoms with E-state index in [4.69, 9.17) is 5.73 Å². The molecule has 100 valence electrons. The molecule has 1 fully saturated rings. The van der Waals surface area contributed by atoms with E-state index in [1.807, 2.05) is 19.1 Å². The van der Waals surface area contributed by atoms with Crippen molar-refractivity contribution in [3.8, 4) is 0 Å². The van der Waals surface area contributed by atoms with Crippen LogP contribution in [-0.4, -0.2) is 0 Å². The van der Waals surface area contributed by atoms with Crippen LogP contribution in [-0.2, 0) is 5.54 Å². The van der Waals surface area contributed by atoms with Gasteiger partial charge in [-0.25, -0.2) is 4.39 Å². The average Bonchev–Trinajstić information content (AvgIpc) is 2.32. The lowest BCUT2D eigenvalue weighted by Gasteiger charge is -2.40. The van der Waals surface area contributed by atoms with Gasteiger partial charge in [0.15, 0.2) is 0 Å². The molecule has 0 saturated heterocycles. The Morgan fingerprint density at radius 3 is 2.72 bits per heavy atom. The number of nitrogens with two attached hydrogens (primary N) is 1. The van der Waals surface area contributed by atoms with E-state index in [2.05, 4.69) is 13.8 Å². The number of rotatable bonds is 2. The van der Waals surface area contributed by atoms with Gasteiger partial charge in [-0.3, -0.25) is 0 Å². The molecule has 2 unspecified atom stereocenters. The van der Waals surface area contributed by atoms with E-state index in [1.165, 1.54) is 12.8 Å². The molecule has 1 aliphatic rings. The van der Waals surface area contributed by atoms with E-state index in [0.29, 0.717) is 17.4 Å². The van der Waals surface area contributed by atoms with Crippen LogP contribution in [0.3, 0.4) is 0 Å². The van der Waals surface area contributed by atoms with Crippen LogP contribution in [0.1, 0.15) is 50.7 Å². The maximum absolute atomic E-state index is 13.4. The third-order valence-corrected chi connectivity index (χ3v) is 4.50. The van der Waals surface area contributed by atoms with Crippen molar-refractivity contribution in [1.82, 2.24) is 0 Å². The highest BCUT2D eigenvalue weighted by Gasteiger charge is 2.35. The summed E-state index contributed by atoms with van der Waals surface area (Å²) in [6.07, 6.45) is 4.49. The lowest BCUT2D eigenvalue weighted by Crippen LogP contribution is -2.42. The number of halogens is 1. The van der Waals surface area contributed by atoms with E-state index < -0.39 is 0 Å². The molecule has 1 aliphatic carbocycles. The highest BCUT2D eigenvalue weighted by molar-refractivity contribution is 5.30. The maximum atomic E-state index is 13.4. The number of hydrogen-bond donors (Lipinski definition) is 1. The van der Waals surface area contributed by atoms with Crippen molar-refractivity contribution in [3.63, 3.8) is 0 Å². The largest absolute Gasteiger partial charge is 0.321 e. The molecule has 2 atom stereocenters. The van der Waals surface area contributed by atoms with Crippen molar-refractivity contribution in [1.29, 1.82) is 0 Å². The molecule has 0 aromatic heterocycles. The normalized spacial score (nSPS) is 28.7. The zero-order valence-electron chi connectivity index (χ0n) is 11.7. The van der Waals surface area contributed by atoms with E-state index >= 15 is 0 Å². The summed E-state index contributed by atoms with van der Waals surface area (Å²) in [5.74, 6) is 1.22. The summed E-state index contributed by atoms with van der Waals surface area (Å²) in [7, 11) is 0. The Labute approximate surface area is 110 Å². The Balaban J connectivity index is 2.26. The zero-order chi connectivity index (χ0) is 13.3. The van der Waals surface area contributed by atoms with Gasteiger partial charge in [-0.15, -0.1) is 0 Å². The molecular weight excluding hydrogens is 225 g/mol. The molecule has 1 saturated carbocycles. The summed E-state index contributed by atoms with van der Waals surface area (Å²) >= 11 is 0.